The van der Waals surface area contributed by atoms with Crippen LogP contribution in [-0.2, 0) is 0 Å². The third-order valence-electron chi connectivity index (χ3n) is 1.62. The molecule has 0 N–H and O–H groups in total. The number of rotatable bonds is 2. The van der Waals surface area contributed by atoms with E-state index in [1.54, 1.807) is 20.0 Å². The van der Waals surface area contributed by atoms with Crippen LogP contribution in [0.2, 0.25) is 0 Å². The van der Waals surface area contributed by atoms with Crippen molar-refractivity contribution in [3.63, 3.8) is 0 Å². The molecule has 1 aromatic rings. The van der Waals surface area contributed by atoms with Crippen LogP contribution < -0.4 is 5.46 Å². The zero-order valence-electron chi connectivity index (χ0n) is 6.48. The van der Waals surface area contributed by atoms with E-state index in [0.29, 0.717) is 11.7 Å². The number of nitrogens with zero attached hydrogens (tertiary/aromatic N) is 1. The molecule has 0 spiro atoms. The molecular weight excluding hydrogens is 157 g/mol. The zero-order chi connectivity index (χ0) is 9.14. The zero-order valence-corrected chi connectivity index (χ0v) is 6.48. The number of aldehydes is 1. The van der Waals surface area contributed by atoms with Gasteiger partial charge in [-0.1, -0.05) is 17.6 Å². The summed E-state index contributed by atoms with van der Waals surface area (Å²) < 4.78 is 0. The number of carbonyl (C=O) groups is 1. The molecule has 0 atom stereocenters. The summed E-state index contributed by atoms with van der Waals surface area (Å²) in [6.07, 6.45) is 0.507. The Morgan fingerprint density at radius 3 is 2.58 bits per heavy atom. The predicted octanol–water partition coefficient (Wildman–Crippen LogP) is -0.334. The van der Waals surface area contributed by atoms with Crippen LogP contribution >= 0.6 is 0 Å². The van der Waals surface area contributed by atoms with Crippen molar-refractivity contribution in [1.29, 1.82) is 0 Å². The molecule has 60 valence electrons. The van der Waals surface area contributed by atoms with Crippen molar-refractivity contribution in [3.8, 4) is 0 Å². The summed E-state index contributed by atoms with van der Waals surface area (Å²) in [7, 11) is 1.66. The molecule has 0 aliphatic carbocycles. The van der Waals surface area contributed by atoms with Crippen molar-refractivity contribution in [1.82, 2.24) is 0 Å². The van der Waals surface area contributed by atoms with Gasteiger partial charge in [0, 0.05) is 6.07 Å². The summed E-state index contributed by atoms with van der Waals surface area (Å²) in [6, 6.07) is 4.54. The van der Waals surface area contributed by atoms with Gasteiger partial charge in [-0.25, -0.2) is 0 Å². The lowest BCUT2D eigenvalue weighted by atomic mass is 9.90. The third-order valence-corrected chi connectivity index (χ3v) is 1.62. The predicted molar refractivity (Wildman–Crippen MR) is 46.7 cm³/mol. The highest BCUT2D eigenvalue weighted by molar-refractivity contribution is 6.36. The molecule has 0 saturated carbocycles. The quantitative estimate of drug-likeness (QED) is 0.259. The van der Waals surface area contributed by atoms with Crippen LogP contribution in [0.15, 0.2) is 18.2 Å². The summed E-state index contributed by atoms with van der Waals surface area (Å²) in [5, 5.41) is 10.4. The molecule has 1 rings (SSSR count). The second kappa shape index (κ2) is 3.17. The van der Waals surface area contributed by atoms with Gasteiger partial charge >= 0.3 is 0 Å². The SMILES string of the molecule is Bc1cccc([N+](=O)[O-])c1C=O. The number of hydrogen-bond donors (Lipinski definition) is 0. The van der Waals surface area contributed by atoms with Crippen molar-refractivity contribution in [2.45, 2.75) is 0 Å². The average Bonchev–Trinajstić information content (AvgIpc) is 2.03. The molecule has 0 aromatic heterocycles. The lowest BCUT2D eigenvalue weighted by Crippen LogP contribution is -2.11. The molecule has 1 aromatic carbocycles. The van der Waals surface area contributed by atoms with Crippen LogP contribution in [0, 0.1) is 10.1 Å². The van der Waals surface area contributed by atoms with Crippen LogP contribution in [-0.4, -0.2) is 19.1 Å². The first-order valence-corrected chi connectivity index (χ1v) is 3.36. The first kappa shape index (κ1) is 8.45. The second-order valence-corrected chi connectivity index (χ2v) is 2.38. The highest BCUT2D eigenvalue weighted by Crippen LogP contribution is 2.12. The maximum atomic E-state index is 10.4. The molecule has 0 heterocycles. The van der Waals surface area contributed by atoms with Gasteiger partial charge in [-0.2, -0.15) is 0 Å². The Hall–Kier alpha value is -1.65. The van der Waals surface area contributed by atoms with Gasteiger partial charge < -0.3 is 0 Å². The first-order chi connectivity index (χ1) is 5.66. The Balaban J connectivity index is 3.37. The molecule has 4 nitrogen and oxygen atoms in total. The Morgan fingerprint density at radius 2 is 2.17 bits per heavy atom. The average molecular weight is 163 g/mol. The van der Waals surface area contributed by atoms with Gasteiger partial charge in [0.05, 0.1) is 10.5 Å². The fraction of sp³-hybridized carbons (Fsp3) is 0. The fourth-order valence-electron chi connectivity index (χ4n) is 0.978. The minimum atomic E-state index is -0.559. The molecule has 0 aliphatic rings. The maximum Gasteiger partial charge on any atom is 0.279 e. The lowest BCUT2D eigenvalue weighted by molar-refractivity contribution is -0.385. The number of carbonyl (C=O) groups excluding carboxylic acids is 1. The molecule has 0 aliphatic heterocycles. The smallest absolute Gasteiger partial charge is 0.279 e. The minimum absolute atomic E-state index is 0.134. The van der Waals surface area contributed by atoms with Gasteiger partial charge in [0.15, 0.2) is 6.29 Å². The van der Waals surface area contributed by atoms with Crippen molar-refractivity contribution < 1.29 is 9.72 Å². The van der Waals surface area contributed by atoms with Crippen molar-refractivity contribution in [2.24, 2.45) is 0 Å². The Morgan fingerprint density at radius 1 is 1.50 bits per heavy atom. The summed E-state index contributed by atoms with van der Waals surface area (Å²) in [5.74, 6) is 0. The van der Waals surface area contributed by atoms with E-state index in [1.807, 2.05) is 0 Å². The van der Waals surface area contributed by atoms with Crippen LogP contribution in [0.5, 0.6) is 0 Å². The largest absolute Gasteiger partial charge is 0.298 e. The van der Waals surface area contributed by atoms with E-state index in [9.17, 15) is 14.9 Å². The summed E-state index contributed by atoms with van der Waals surface area (Å²) in [5.41, 5.74) is 0.645. The Bertz CT molecular complexity index is 337. The van der Waals surface area contributed by atoms with Crippen LogP contribution in [0.25, 0.3) is 0 Å². The minimum Gasteiger partial charge on any atom is -0.298 e. The van der Waals surface area contributed by atoms with Gasteiger partial charge in [-0.05, 0) is 0 Å². The molecule has 0 fully saturated rings. The molecule has 12 heavy (non-hydrogen) atoms. The first-order valence-electron chi connectivity index (χ1n) is 3.36. The fourth-order valence-corrected chi connectivity index (χ4v) is 0.978. The summed E-state index contributed by atoms with van der Waals surface area (Å²) in [4.78, 5) is 20.3. The Labute approximate surface area is 69.8 Å². The summed E-state index contributed by atoms with van der Waals surface area (Å²) in [6.45, 7) is 0. The highest BCUT2D eigenvalue weighted by Gasteiger charge is 2.13. The molecule has 5 heteroatoms. The number of nitro benzene ring substituents is 1. The van der Waals surface area contributed by atoms with Crippen LogP contribution in [0.1, 0.15) is 10.4 Å². The standard InChI is InChI=1S/C7H6BNO3/c8-6-2-1-3-7(9(11)12)5(6)4-10/h1-4H,8H2. The second-order valence-electron chi connectivity index (χ2n) is 2.38. The number of nitro groups is 1. The monoisotopic (exact) mass is 163 g/mol. The van der Waals surface area contributed by atoms with Crippen molar-refractivity contribution >= 4 is 25.3 Å². The van der Waals surface area contributed by atoms with Gasteiger partial charge in [0.1, 0.15) is 7.85 Å². The molecule has 0 radical (unpaired) electrons. The van der Waals surface area contributed by atoms with E-state index in [4.69, 9.17) is 0 Å². The van der Waals surface area contributed by atoms with E-state index in [1.165, 1.54) is 6.07 Å². The normalized spacial score (nSPS) is 9.33. The summed E-state index contributed by atoms with van der Waals surface area (Å²) >= 11 is 0. The maximum absolute atomic E-state index is 10.4. The Kier molecular flexibility index (Phi) is 2.23. The molecule has 0 saturated heterocycles. The molecule has 0 unspecified atom stereocenters. The van der Waals surface area contributed by atoms with Gasteiger partial charge in [-0.3, -0.25) is 14.9 Å². The van der Waals surface area contributed by atoms with E-state index in [-0.39, 0.29) is 11.3 Å². The molecular formula is C7H6BNO3. The lowest BCUT2D eigenvalue weighted by Gasteiger charge is -1.97. The van der Waals surface area contributed by atoms with E-state index >= 15 is 0 Å². The van der Waals surface area contributed by atoms with Gasteiger partial charge in [0.2, 0.25) is 0 Å². The topological polar surface area (TPSA) is 60.2 Å². The van der Waals surface area contributed by atoms with Crippen molar-refractivity contribution in [3.05, 3.63) is 33.9 Å². The van der Waals surface area contributed by atoms with Gasteiger partial charge in [0.25, 0.3) is 5.69 Å². The van der Waals surface area contributed by atoms with Crippen LogP contribution in [0.3, 0.4) is 0 Å². The molecule has 0 amide bonds. The van der Waals surface area contributed by atoms with Gasteiger partial charge in [-0.15, -0.1) is 0 Å². The number of hydrogen-bond acceptors (Lipinski definition) is 3. The number of benzene rings is 1. The highest BCUT2D eigenvalue weighted by atomic mass is 16.6. The van der Waals surface area contributed by atoms with E-state index in [0.717, 1.165) is 0 Å². The molecule has 0 bridgehead atoms. The van der Waals surface area contributed by atoms with Crippen molar-refractivity contribution in [2.75, 3.05) is 0 Å². The third kappa shape index (κ3) is 1.34. The van der Waals surface area contributed by atoms with E-state index < -0.39 is 4.92 Å². The van der Waals surface area contributed by atoms with E-state index in [2.05, 4.69) is 0 Å². The van der Waals surface area contributed by atoms with Crippen LogP contribution in [0.4, 0.5) is 5.69 Å².